The van der Waals surface area contributed by atoms with Crippen molar-refractivity contribution in [2.75, 3.05) is 25.5 Å². The molecule has 1 amide bonds. The van der Waals surface area contributed by atoms with Gasteiger partial charge in [-0.15, -0.1) is 0 Å². The second-order valence-electron chi connectivity index (χ2n) is 5.87. The van der Waals surface area contributed by atoms with Crippen molar-refractivity contribution in [3.8, 4) is 0 Å². The lowest BCUT2D eigenvalue weighted by atomic mass is 10.0. The van der Waals surface area contributed by atoms with Crippen molar-refractivity contribution in [2.45, 2.75) is 12.8 Å². The second kappa shape index (κ2) is 7.59. The monoisotopic (exact) mass is 327 g/mol. The average molecular weight is 327 g/mol. The number of carbonyl (C=O) groups excluding carboxylic acids is 1. The molecule has 6 nitrogen and oxygen atoms in total. The largest absolute Gasteiger partial charge is 0.377 e. The Labute approximate surface area is 141 Å². The number of non-ortho nitro benzene ring substituents is 1. The second-order valence-corrected chi connectivity index (χ2v) is 5.87. The average Bonchev–Trinajstić information content (AvgIpc) is 2.59. The van der Waals surface area contributed by atoms with Crippen LogP contribution in [0.3, 0.4) is 0 Å². The van der Waals surface area contributed by atoms with Crippen molar-refractivity contribution in [2.24, 2.45) is 0 Å². The highest BCUT2D eigenvalue weighted by atomic mass is 16.6. The summed E-state index contributed by atoms with van der Waals surface area (Å²) >= 11 is 0. The molecule has 0 spiro atoms. The first-order chi connectivity index (χ1) is 11.4. The van der Waals surface area contributed by atoms with Crippen LogP contribution in [0, 0.1) is 10.1 Å². The standard InChI is InChI=1S/C18H21N3O3/c1-13(14-7-5-4-6-8-14)12-19-18(22)16-11-15(21(23)24)9-10-17(16)20(2)3/h4-11,13H,12H2,1-3H3,(H,19,22). The first-order valence-electron chi connectivity index (χ1n) is 7.69. The van der Waals surface area contributed by atoms with Gasteiger partial charge in [-0.2, -0.15) is 0 Å². The van der Waals surface area contributed by atoms with E-state index in [9.17, 15) is 14.9 Å². The van der Waals surface area contributed by atoms with Crippen molar-refractivity contribution in [1.82, 2.24) is 5.32 Å². The lowest BCUT2D eigenvalue weighted by Crippen LogP contribution is -2.29. The van der Waals surface area contributed by atoms with E-state index in [-0.39, 0.29) is 17.5 Å². The third-order valence-corrected chi connectivity index (χ3v) is 3.85. The molecule has 24 heavy (non-hydrogen) atoms. The maximum absolute atomic E-state index is 12.5. The van der Waals surface area contributed by atoms with Crippen LogP contribution in [0.15, 0.2) is 48.5 Å². The van der Waals surface area contributed by atoms with Gasteiger partial charge < -0.3 is 10.2 Å². The Kier molecular flexibility index (Phi) is 5.52. The van der Waals surface area contributed by atoms with Gasteiger partial charge in [0.05, 0.1) is 10.5 Å². The number of benzene rings is 2. The maximum atomic E-state index is 12.5. The van der Waals surface area contributed by atoms with Crippen LogP contribution in [-0.4, -0.2) is 31.5 Å². The zero-order chi connectivity index (χ0) is 17.7. The van der Waals surface area contributed by atoms with Gasteiger partial charge in [-0.3, -0.25) is 14.9 Å². The van der Waals surface area contributed by atoms with Gasteiger partial charge in [0.2, 0.25) is 0 Å². The highest BCUT2D eigenvalue weighted by Gasteiger charge is 2.18. The molecule has 126 valence electrons. The molecule has 1 unspecified atom stereocenters. The first kappa shape index (κ1) is 17.5. The van der Waals surface area contributed by atoms with Crippen molar-refractivity contribution in [3.63, 3.8) is 0 Å². The number of hydrogen-bond donors (Lipinski definition) is 1. The molecule has 0 saturated carbocycles. The van der Waals surface area contributed by atoms with Crippen LogP contribution in [0.5, 0.6) is 0 Å². The zero-order valence-corrected chi connectivity index (χ0v) is 14.0. The third-order valence-electron chi connectivity index (χ3n) is 3.85. The Morgan fingerprint density at radius 3 is 2.46 bits per heavy atom. The number of nitrogens with one attached hydrogen (secondary N) is 1. The minimum Gasteiger partial charge on any atom is -0.377 e. The van der Waals surface area contributed by atoms with Crippen LogP contribution in [0.4, 0.5) is 11.4 Å². The molecular formula is C18H21N3O3. The predicted molar refractivity (Wildman–Crippen MR) is 94.6 cm³/mol. The van der Waals surface area contributed by atoms with Crippen LogP contribution in [0.2, 0.25) is 0 Å². The fourth-order valence-electron chi connectivity index (χ4n) is 2.45. The zero-order valence-electron chi connectivity index (χ0n) is 14.0. The summed E-state index contributed by atoms with van der Waals surface area (Å²) in [6.07, 6.45) is 0. The van der Waals surface area contributed by atoms with Gasteiger partial charge in [-0.1, -0.05) is 37.3 Å². The molecular weight excluding hydrogens is 306 g/mol. The third kappa shape index (κ3) is 4.10. The summed E-state index contributed by atoms with van der Waals surface area (Å²) < 4.78 is 0. The molecule has 6 heteroatoms. The molecule has 0 aliphatic heterocycles. The van der Waals surface area contributed by atoms with Crippen molar-refractivity contribution in [1.29, 1.82) is 0 Å². The van der Waals surface area contributed by atoms with E-state index >= 15 is 0 Å². The molecule has 2 aromatic carbocycles. The number of nitro benzene ring substituents is 1. The molecule has 2 rings (SSSR count). The van der Waals surface area contributed by atoms with E-state index in [1.807, 2.05) is 37.3 Å². The van der Waals surface area contributed by atoms with E-state index in [4.69, 9.17) is 0 Å². The summed E-state index contributed by atoms with van der Waals surface area (Å²) in [6.45, 7) is 2.48. The highest BCUT2D eigenvalue weighted by molar-refractivity contribution is 6.00. The minimum atomic E-state index is -0.497. The van der Waals surface area contributed by atoms with Crippen LogP contribution >= 0.6 is 0 Å². The van der Waals surface area contributed by atoms with E-state index in [0.717, 1.165) is 5.56 Å². The van der Waals surface area contributed by atoms with Gasteiger partial charge in [0.15, 0.2) is 0 Å². The molecule has 1 atom stereocenters. The molecule has 0 aromatic heterocycles. The maximum Gasteiger partial charge on any atom is 0.270 e. The molecule has 0 aliphatic rings. The SMILES string of the molecule is CC(CNC(=O)c1cc([N+](=O)[O-])ccc1N(C)C)c1ccccc1. The molecule has 1 N–H and O–H groups in total. The van der Waals surface area contributed by atoms with Gasteiger partial charge in [0, 0.05) is 38.5 Å². The van der Waals surface area contributed by atoms with E-state index in [1.165, 1.54) is 12.1 Å². The topological polar surface area (TPSA) is 75.5 Å². The van der Waals surface area contributed by atoms with Crippen LogP contribution < -0.4 is 10.2 Å². The lowest BCUT2D eigenvalue weighted by molar-refractivity contribution is -0.384. The number of carbonyl (C=O) groups is 1. The fourth-order valence-corrected chi connectivity index (χ4v) is 2.45. The Bertz CT molecular complexity index is 730. The number of amides is 1. The van der Waals surface area contributed by atoms with Gasteiger partial charge >= 0.3 is 0 Å². The van der Waals surface area contributed by atoms with Gasteiger partial charge in [0.1, 0.15) is 0 Å². The summed E-state index contributed by atoms with van der Waals surface area (Å²) in [5.41, 5.74) is 1.98. The Hall–Kier alpha value is -2.89. The number of anilines is 1. The summed E-state index contributed by atoms with van der Waals surface area (Å²) in [5, 5.41) is 13.8. The smallest absolute Gasteiger partial charge is 0.270 e. The van der Waals surface area contributed by atoms with Gasteiger partial charge in [0.25, 0.3) is 11.6 Å². The van der Waals surface area contributed by atoms with E-state index in [2.05, 4.69) is 5.32 Å². The number of rotatable bonds is 6. The Balaban J connectivity index is 2.16. The van der Waals surface area contributed by atoms with Crippen molar-refractivity contribution < 1.29 is 9.72 Å². The van der Waals surface area contributed by atoms with Crippen molar-refractivity contribution >= 4 is 17.3 Å². The summed E-state index contributed by atoms with van der Waals surface area (Å²) in [6, 6.07) is 14.2. The number of nitrogens with zero attached hydrogens (tertiary/aromatic N) is 2. The lowest BCUT2D eigenvalue weighted by Gasteiger charge is -2.18. The molecule has 0 aliphatic carbocycles. The van der Waals surface area contributed by atoms with Crippen molar-refractivity contribution in [3.05, 3.63) is 69.8 Å². The summed E-state index contributed by atoms with van der Waals surface area (Å²) in [7, 11) is 3.59. The Morgan fingerprint density at radius 2 is 1.88 bits per heavy atom. The molecule has 0 bridgehead atoms. The molecule has 0 radical (unpaired) electrons. The van der Waals surface area contributed by atoms with Gasteiger partial charge in [-0.05, 0) is 17.5 Å². The van der Waals surface area contributed by atoms with Crippen LogP contribution in [0.25, 0.3) is 0 Å². The molecule has 2 aromatic rings. The molecule has 0 fully saturated rings. The molecule has 0 heterocycles. The van der Waals surface area contributed by atoms with E-state index < -0.39 is 4.92 Å². The summed E-state index contributed by atoms with van der Waals surface area (Å²) in [5.74, 6) is -0.165. The van der Waals surface area contributed by atoms with Gasteiger partial charge in [-0.25, -0.2) is 0 Å². The predicted octanol–water partition coefficient (Wildman–Crippen LogP) is 3.19. The summed E-state index contributed by atoms with van der Waals surface area (Å²) in [4.78, 5) is 24.8. The Morgan fingerprint density at radius 1 is 1.21 bits per heavy atom. The van der Waals surface area contributed by atoms with E-state index in [0.29, 0.717) is 17.8 Å². The first-order valence-corrected chi connectivity index (χ1v) is 7.69. The van der Waals surface area contributed by atoms with Crippen LogP contribution in [0.1, 0.15) is 28.8 Å². The van der Waals surface area contributed by atoms with E-state index in [1.54, 1.807) is 25.1 Å². The molecule has 0 saturated heterocycles. The normalized spacial score (nSPS) is 11.6. The fraction of sp³-hybridized carbons (Fsp3) is 0.278. The highest BCUT2D eigenvalue weighted by Crippen LogP contribution is 2.24. The number of hydrogen-bond acceptors (Lipinski definition) is 4. The van der Waals surface area contributed by atoms with Crippen LogP contribution in [-0.2, 0) is 0 Å². The minimum absolute atomic E-state index is 0.0955. The quantitative estimate of drug-likeness (QED) is 0.653. The number of nitro groups is 1.